The van der Waals surface area contributed by atoms with Gasteiger partial charge < -0.3 is 4.90 Å². The van der Waals surface area contributed by atoms with Gasteiger partial charge in [-0.1, -0.05) is 19.1 Å². The normalized spacial score (nSPS) is 11.9. The highest BCUT2D eigenvalue weighted by Gasteiger charge is 2.18. The van der Waals surface area contributed by atoms with Gasteiger partial charge in [-0.15, -0.1) is 23.1 Å². The van der Waals surface area contributed by atoms with Crippen molar-refractivity contribution in [1.82, 2.24) is 0 Å². The second-order valence-corrected chi connectivity index (χ2v) is 6.78. The Balaban J connectivity index is 2.37. The molecule has 2 aromatic rings. The summed E-state index contributed by atoms with van der Waals surface area (Å²) in [6, 6.07) is 12.9. The van der Waals surface area contributed by atoms with E-state index in [1.165, 1.54) is 4.88 Å². The van der Waals surface area contributed by atoms with E-state index in [9.17, 15) is 5.26 Å². The molecule has 0 bridgehead atoms. The van der Waals surface area contributed by atoms with E-state index in [1.54, 1.807) is 23.1 Å². The van der Waals surface area contributed by atoms with Gasteiger partial charge in [-0.2, -0.15) is 5.26 Å². The standard InChI is InChI=1S/C16H18N2S2/c1-4-19-16-8-5-7-14(13(16)11-17)18(3)12(2)15-9-6-10-20-15/h5-10,12H,4H2,1-3H3. The van der Waals surface area contributed by atoms with Gasteiger partial charge in [0.05, 0.1) is 17.3 Å². The minimum atomic E-state index is 0.268. The van der Waals surface area contributed by atoms with Crippen LogP contribution in [0.15, 0.2) is 40.6 Å². The number of thiophene rings is 1. The predicted octanol–water partition coefficient (Wildman–Crippen LogP) is 4.93. The second-order valence-electron chi connectivity index (χ2n) is 4.50. The molecule has 0 N–H and O–H groups in total. The Morgan fingerprint density at radius 1 is 1.35 bits per heavy atom. The van der Waals surface area contributed by atoms with Crippen molar-refractivity contribution in [2.45, 2.75) is 24.8 Å². The molecule has 0 radical (unpaired) electrons. The van der Waals surface area contributed by atoms with Gasteiger partial charge in [-0.25, -0.2) is 0 Å². The summed E-state index contributed by atoms with van der Waals surface area (Å²) in [7, 11) is 2.06. The molecule has 0 aliphatic carbocycles. The average Bonchev–Trinajstić information content (AvgIpc) is 3.00. The average molecular weight is 302 g/mol. The molecule has 0 saturated heterocycles. The van der Waals surface area contributed by atoms with Crippen LogP contribution in [0, 0.1) is 11.3 Å². The molecule has 1 atom stereocenters. The number of hydrogen-bond acceptors (Lipinski definition) is 4. The number of nitriles is 1. The molecule has 1 aromatic carbocycles. The van der Waals surface area contributed by atoms with Crippen molar-refractivity contribution in [3.63, 3.8) is 0 Å². The highest BCUT2D eigenvalue weighted by atomic mass is 32.2. The van der Waals surface area contributed by atoms with Crippen LogP contribution in [0.3, 0.4) is 0 Å². The van der Waals surface area contributed by atoms with Crippen LogP contribution in [0.2, 0.25) is 0 Å². The molecular formula is C16H18N2S2. The molecule has 0 saturated carbocycles. The number of thioether (sulfide) groups is 1. The maximum Gasteiger partial charge on any atom is 0.103 e. The summed E-state index contributed by atoms with van der Waals surface area (Å²) in [4.78, 5) is 4.56. The smallest absolute Gasteiger partial charge is 0.103 e. The van der Waals surface area contributed by atoms with Crippen LogP contribution in [0.5, 0.6) is 0 Å². The molecule has 0 fully saturated rings. The summed E-state index contributed by atoms with van der Waals surface area (Å²) < 4.78 is 0. The summed E-state index contributed by atoms with van der Waals surface area (Å²) >= 11 is 3.47. The van der Waals surface area contributed by atoms with E-state index in [2.05, 4.69) is 49.4 Å². The van der Waals surface area contributed by atoms with Crippen molar-refractivity contribution in [1.29, 1.82) is 5.26 Å². The lowest BCUT2D eigenvalue weighted by Gasteiger charge is -2.27. The summed E-state index contributed by atoms with van der Waals surface area (Å²) in [5, 5.41) is 11.6. The largest absolute Gasteiger partial charge is 0.366 e. The summed E-state index contributed by atoms with van der Waals surface area (Å²) in [5.41, 5.74) is 1.79. The lowest BCUT2D eigenvalue weighted by atomic mass is 10.1. The summed E-state index contributed by atoms with van der Waals surface area (Å²) in [6.07, 6.45) is 0. The van der Waals surface area contributed by atoms with Crippen molar-refractivity contribution < 1.29 is 0 Å². The zero-order valence-electron chi connectivity index (χ0n) is 12.0. The predicted molar refractivity (Wildman–Crippen MR) is 88.7 cm³/mol. The molecule has 2 nitrogen and oxygen atoms in total. The van der Waals surface area contributed by atoms with Crippen LogP contribution in [0.1, 0.15) is 30.3 Å². The zero-order valence-corrected chi connectivity index (χ0v) is 13.6. The van der Waals surface area contributed by atoms with Crippen LogP contribution in [0.25, 0.3) is 0 Å². The number of nitrogens with zero attached hydrogens (tertiary/aromatic N) is 2. The third kappa shape index (κ3) is 3.00. The van der Waals surface area contributed by atoms with Crippen molar-refractivity contribution in [3.8, 4) is 6.07 Å². The first-order valence-electron chi connectivity index (χ1n) is 6.61. The van der Waals surface area contributed by atoms with Crippen LogP contribution in [0.4, 0.5) is 5.69 Å². The third-order valence-corrected chi connectivity index (χ3v) is 5.31. The highest BCUT2D eigenvalue weighted by molar-refractivity contribution is 7.99. The quantitative estimate of drug-likeness (QED) is 0.733. The van der Waals surface area contributed by atoms with E-state index in [4.69, 9.17) is 0 Å². The number of rotatable bonds is 5. The van der Waals surface area contributed by atoms with Gasteiger partial charge in [0.2, 0.25) is 0 Å². The molecule has 0 amide bonds. The first kappa shape index (κ1) is 15.0. The zero-order chi connectivity index (χ0) is 14.5. The number of benzene rings is 1. The van der Waals surface area contributed by atoms with E-state index in [-0.39, 0.29) is 6.04 Å². The van der Waals surface area contributed by atoms with Crippen molar-refractivity contribution >= 4 is 28.8 Å². The molecule has 4 heteroatoms. The van der Waals surface area contributed by atoms with Gasteiger partial charge in [0, 0.05) is 16.8 Å². The molecule has 2 rings (SSSR count). The van der Waals surface area contributed by atoms with Gasteiger partial charge in [-0.05, 0) is 36.3 Å². The molecule has 1 unspecified atom stereocenters. The molecule has 1 heterocycles. The van der Waals surface area contributed by atoms with Crippen LogP contribution < -0.4 is 4.90 Å². The van der Waals surface area contributed by atoms with E-state index in [0.29, 0.717) is 0 Å². The number of anilines is 1. The van der Waals surface area contributed by atoms with Crippen LogP contribution in [-0.4, -0.2) is 12.8 Å². The highest BCUT2D eigenvalue weighted by Crippen LogP contribution is 2.34. The Hall–Kier alpha value is -1.44. The lowest BCUT2D eigenvalue weighted by Crippen LogP contribution is -2.21. The fraction of sp³-hybridized carbons (Fsp3) is 0.312. The first-order valence-corrected chi connectivity index (χ1v) is 8.47. The van der Waals surface area contributed by atoms with E-state index < -0.39 is 0 Å². The SMILES string of the molecule is CCSc1cccc(N(C)C(C)c2cccs2)c1C#N. The van der Waals surface area contributed by atoms with Crippen molar-refractivity contribution in [2.75, 3.05) is 17.7 Å². The topological polar surface area (TPSA) is 27.0 Å². The molecule has 0 aliphatic heterocycles. The van der Waals surface area contributed by atoms with Gasteiger partial charge in [0.15, 0.2) is 0 Å². The van der Waals surface area contributed by atoms with Gasteiger partial charge in [-0.3, -0.25) is 0 Å². The molecule has 1 aromatic heterocycles. The first-order chi connectivity index (χ1) is 9.69. The second kappa shape index (κ2) is 6.83. The Morgan fingerprint density at radius 2 is 2.15 bits per heavy atom. The van der Waals surface area contributed by atoms with Crippen LogP contribution >= 0.6 is 23.1 Å². The van der Waals surface area contributed by atoms with E-state index >= 15 is 0 Å². The van der Waals surface area contributed by atoms with Crippen molar-refractivity contribution in [3.05, 3.63) is 46.2 Å². The van der Waals surface area contributed by atoms with E-state index in [1.807, 2.05) is 18.2 Å². The Bertz CT molecular complexity index is 599. The van der Waals surface area contributed by atoms with Crippen LogP contribution in [-0.2, 0) is 0 Å². The molecule has 20 heavy (non-hydrogen) atoms. The fourth-order valence-electron chi connectivity index (χ4n) is 2.13. The van der Waals surface area contributed by atoms with E-state index in [0.717, 1.165) is 21.9 Å². The summed E-state index contributed by atoms with van der Waals surface area (Å²) in [5.74, 6) is 0.975. The lowest BCUT2D eigenvalue weighted by molar-refractivity contribution is 0.752. The Kier molecular flexibility index (Phi) is 5.11. The van der Waals surface area contributed by atoms with Crippen molar-refractivity contribution in [2.24, 2.45) is 0 Å². The van der Waals surface area contributed by atoms with Gasteiger partial charge >= 0.3 is 0 Å². The maximum atomic E-state index is 9.50. The van der Waals surface area contributed by atoms with Gasteiger partial charge in [0.1, 0.15) is 6.07 Å². The monoisotopic (exact) mass is 302 g/mol. The minimum absolute atomic E-state index is 0.268. The third-order valence-electron chi connectivity index (χ3n) is 3.33. The molecule has 104 valence electrons. The molecular weight excluding hydrogens is 284 g/mol. The van der Waals surface area contributed by atoms with Gasteiger partial charge in [0.25, 0.3) is 0 Å². The molecule has 0 aliphatic rings. The number of hydrogen-bond donors (Lipinski definition) is 0. The summed E-state index contributed by atoms with van der Waals surface area (Å²) in [6.45, 7) is 4.28. The minimum Gasteiger partial charge on any atom is -0.366 e. The maximum absolute atomic E-state index is 9.50. The Labute approximate surface area is 129 Å². The fourth-order valence-corrected chi connectivity index (χ4v) is 3.74. The Morgan fingerprint density at radius 3 is 2.75 bits per heavy atom. The molecule has 0 spiro atoms.